The summed E-state index contributed by atoms with van der Waals surface area (Å²) in [5, 5.41) is 64.8. The van der Waals surface area contributed by atoms with Crippen LogP contribution in [0.1, 0.15) is 206 Å². The van der Waals surface area contributed by atoms with Crippen LogP contribution < -0.4 is 55.0 Å². The fourth-order valence-electron chi connectivity index (χ4n) is 15.8. The Morgan fingerprint density at radius 2 is 0.522 bits per heavy atom. The van der Waals surface area contributed by atoms with Crippen LogP contribution in [-0.2, 0) is 112 Å². The fraction of sp³-hybridized carbons (Fsp3) is 0.391. The number of ether oxygens (including phenoxy) is 3. The van der Waals surface area contributed by atoms with Gasteiger partial charge in [0.1, 0.15) is 56.3 Å². The molecule has 0 aromatic carbocycles. The van der Waals surface area contributed by atoms with E-state index in [-0.39, 0.29) is 134 Å². The molecule has 42 heteroatoms. The first kappa shape index (κ1) is 106. The van der Waals surface area contributed by atoms with Crippen LogP contribution in [0.2, 0.25) is 0 Å². The van der Waals surface area contributed by atoms with Gasteiger partial charge in [0.15, 0.2) is 0 Å². The SMILES string of the molecule is COc1cc(-c2cc(C(C)(C)C)n[n-]2)ncn1.COc1cc(-c2cc(C(F)(F)F)n[n-]2)ncn1.COc1cc(-c2cc(C)n[n-]2)ncn1.Cc1cc(-c2[n-]nc3c2C2CCC3(C)C2(C)C)ncn1.Cc1cc(-c2[n-]nc3c2C2CCC3(C)C2(C)C)ncn1.Cc1cc(-c2cc(C(C)(C)C)n[n-]2)ncn1.Cc1cc(-c2cc(C)n[n-]2)ncn1.Cc1cc(-c2cc(C)n[n-]2)ncn1.[Pt+2].[Pt+2].[Pt+2].[Pt+2]. The number of rotatable bonds is 11. The molecule has 4 aliphatic rings. The Balaban J connectivity index is 0.000000172. The molecule has 4 atom stereocenters. The molecule has 4 bridgehead atoms. The molecule has 4 unspecified atom stereocenters. The van der Waals surface area contributed by atoms with Crippen molar-refractivity contribution in [2.24, 2.45) is 10.8 Å². The van der Waals surface area contributed by atoms with Crippen LogP contribution in [0.4, 0.5) is 13.2 Å². The standard InChI is InChI=1S/2C16H19N4.C12H15N4O.C12H15N4.C9H6F3N4O.C9H9N4O.2C9H9N4.4Pt/c2*1-9-7-11(18-8-17-9)13-12-10-5-6-16(4,15(10,2)3)14(12)20-19-13;1-12(2,3)10-5-9(15-16-10)8-6-11(17-4)14-7-13-8;1-8-5-9(14-7-13-8)10-6-11(16-15-10)12(2,3)4;1-17-8-3-5(13-4-14-8)6-2-7(16-15-6)9(10,11)12;1-6-3-8(13-12-6)7-4-9(14-2)11-5-10-7;2*1-6-3-8(11-5-10-6)9-4-7(2)12-13-9;;;;/h2*7-8,10H,5-6H2,1-4H3;5-7H,1-4H3;5-7H,1-4H3;2-4H,1H3;3-5H,1-2H3;2*3-5H,1-2H3;;;;/q8*-1;4*+2. The number of hydrogen-bond acceptors (Lipinski definition) is 27. The van der Waals surface area contributed by atoms with Crippen LogP contribution in [0.5, 0.6) is 17.6 Å². The van der Waals surface area contributed by atoms with Gasteiger partial charge in [-0.25, -0.2) is 79.7 Å². The van der Waals surface area contributed by atoms with Crippen LogP contribution >= 0.6 is 0 Å². The first-order chi connectivity index (χ1) is 61.7. The Kier molecular flexibility index (Phi) is 34.9. The summed E-state index contributed by atoms with van der Waals surface area (Å²) in [6.07, 6.45) is 12.3. The molecule has 0 aliphatic heterocycles. The number of aromatic nitrogens is 32. The molecule has 0 amide bonds. The summed E-state index contributed by atoms with van der Waals surface area (Å²) in [5.41, 5.74) is 26.2. The Morgan fingerprint density at radius 3 is 0.761 bits per heavy atom. The third-order valence-electron chi connectivity index (χ3n) is 23.8. The summed E-state index contributed by atoms with van der Waals surface area (Å²) < 4.78 is 51.8. The van der Waals surface area contributed by atoms with Gasteiger partial charge < -0.3 is 95.8 Å². The zero-order valence-corrected chi connectivity index (χ0v) is 87.2. The maximum Gasteiger partial charge on any atom is 2.00 e. The van der Waals surface area contributed by atoms with Crippen LogP contribution in [0.3, 0.4) is 0 Å². The van der Waals surface area contributed by atoms with E-state index < -0.39 is 11.9 Å². The van der Waals surface area contributed by atoms with Crippen molar-refractivity contribution < 1.29 is 112 Å². The molecule has 16 aromatic rings. The second kappa shape index (κ2) is 44.2. The first-order valence-electron chi connectivity index (χ1n) is 41.8. The summed E-state index contributed by atoms with van der Waals surface area (Å²) in [7, 11) is 4.53. The van der Waals surface area contributed by atoms with E-state index in [0.717, 1.165) is 143 Å². The molecule has 134 heavy (non-hydrogen) atoms. The molecule has 2 fully saturated rings. The maximum atomic E-state index is 12.3. The van der Waals surface area contributed by atoms with E-state index in [2.05, 4.69) is 244 Å². The van der Waals surface area contributed by atoms with Gasteiger partial charge in [-0.05, 0) is 151 Å². The average Bonchev–Trinajstić information content (AvgIpc) is 1.52. The predicted octanol–water partition coefficient (Wildman–Crippen LogP) is 14.4. The largest absolute Gasteiger partial charge is 2.00 e. The molecular formula is C92H101F3N32O3Pt4. The Hall–Kier alpha value is -11.7. The number of methoxy groups -OCH3 is 3. The molecule has 16 heterocycles. The summed E-state index contributed by atoms with van der Waals surface area (Å²) in [6.45, 7) is 42.3. The van der Waals surface area contributed by atoms with Crippen molar-refractivity contribution in [3.05, 3.63) is 221 Å². The molecule has 2 saturated carbocycles. The van der Waals surface area contributed by atoms with Crippen LogP contribution in [0.25, 0.3) is 91.1 Å². The normalized spacial score (nSPS) is 16.3. The number of alkyl halides is 3. The van der Waals surface area contributed by atoms with Gasteiger partial charge in [0.2, 0.25) is 17.6 Å². The second-order valence-corrected chi connectivity index (χ2v) is 35.4. The van der Waals surface area contributed by atoms with E-state index in [1.165, 1.54) is 93.0 Å². The van der Waals surface area contributed by atoms with Gasteiger partial charge in [-0.15, -0.1) is 0 Å². The van der Waals surface area contributed by atoms with Crippen molar-refractivity contribution in [1.29, 1.82) is 0 Å². The Labute approximate surface area is 832 Å². The molecule has 16 aromatic heterocycles. The van der Waals surface area contributed by atoms with Crippen LogP contribution in [0, 0.1) is 66.2 Å². The predicted molar refractivity (Wildman–Crippen MR) is 475 cm³/mol. The molecule has 4 aliphatic carbocycles. The Bertz CT molecular complexity index is 6260. The number of halogens is 3. The smallest absolute Gasteiger partial charge is 0.574 e. The van der Waals surface area contributed by atoms with Crippen LogP contribution in [-0.4, -0.2) is 142 Å². The van der Waals surface area contributed by atoms with Gasteiger partial charge in [-0.2, -0.15) is 13.2 Å². The number of hydrogen-bond donors (Lipinski definition) is 0. The van der Waals surface area contributed by atoms with Gasteiger partial charge in [0.05, 0.1) is 66.9 Å². The third kappa shape index (κ3) is 24.1. The zero-order valence-electron chi connectivity index (χ0n) is 78.1. The summed E-state index contributed by atoms with van der Waals surface area (Å²) in [4.78, 5) is 65.3. The van der Waals surface area contributed by atoms with E-state index in [1.54, 1.807) is 45.3 Å². The van der Waals surface area contributed by atoms with Crippen molar-refractivity contribution in [3.63, 3.8) is 0 Å². The molecular weight excluding hydrogens is 2440 g/mol. The van der Waals surface area contributed by atoms with E-state index in [0.29, 0.717) is 23.6 Å². The summed E-state index contributed by atoms with van der Waals surface area (Å²) in [6, 6.07) is 25.0. The van der Waals surface area contributed by atoms with Crippen molar-refractivity contribution in [1.82, 2.24) is 161 Å². The molecule has 35 nitrogen and oxygen atoms in total. The van der Waals surface area contributed by atoms with Gasteiger partial charge in [-0.3, -0.25) is 0 Å². The van der Waals surface area contributed by atoms with E-state index in [9.17, 15) is 13.2 Å². The third-order valence-corrected chi connectivity index (χ3v) is 23.8. The quantitative estimate of drug-likeness (QED) is 0.116. The number of nitrogens with zero attached hydrogens (tertiary/aromatic N) is 32. The van der Waals surface area contributed by atoms with Crippen LogP contribution in [0.15, 0.2) is 136 Å². The first-order valence-corrected chi connectivity index (χ1v) is 41.8. The molecule has 0 N–H and O–H groups in total. The second-order valence-electron chi connectivity index (χ2n) is 35.4. The number of aryl methyl sites for hydroxylation is 8. The minimum Gasteiger partial charge on any atom is -0.574 e. The minimum atomic E-state index is -4.51. The minimum absolute atomic E-state index is 0. The van der Waals surface area contributed by atoms with E-state index in [4.69, 9.17) is 14.2 Å². The molecule has 20 rings (SSSR count). The monoisotopic (exact) mass is 2540 g/mol. The maximum absolute atomic E-state index is 12.3. The zero-order chi connectivity index (χ0) is 93.4. The average molecular weight is 2540 g/mol. The number of fused-ring (bicyclic) bond motifs is 10. The molecule has 0 radical (unpaired) electrons. The van der Waals surface area contributed by atoms with E-state index >= 15 is 0 Å². The fourth-order valence-corrected chi connectivity index (χ4v) is 15.8. The Morgan fingerprint density at radius 1 is 0.284 bits per heavy atom. The van der Waals surface area contributed by atoms with Gasteiger partial charge >= 0.3 is 90.4 Å². The van der Waals surface area contributed by atoms with Crippen molar-refractivity contribution in [2.75, 3.05) is 21.3 Å². The van der Waals surface area contributed by atoms with Crippen molar-refractivity contribution in [2.45, 2.75) is 204 Å². The van der Waals surface area contributed by atoms with E-state index in [1.807, 2.05) is 116 Å². The molecule has 708 valence electrons. The summed E-state index contributed by atoms with van der Waals surface area (Å²) in [5.74, 6) is 2.41. The van der Waals surface area contributed by atoms with Gasteiger partial charge in [0, 0.05) is 108 Å². The summed E-state index contributed by atoms with van der Waals surface area (Å²) >= 11 is 0. The molecule has 0 saturated heterocycles. The van der Waals surface area contributed by atoms with Crippen molar-refractivity contribution >= 4 is 0 Å². The van der Waals surface area contributed by atoms with Gasteiger partial charge in [-0.1, -0.05) is 159 Å². The molecule has 0 spiro atoms. The topological polar surface area (TPSA) is 450 Å². The van der Waals surface area contributed by atoms with Crippen molar-refractivity contribution in [3.8, 4) is 109 Å². The van der Waals surface area contributed by atoms with Gasteiger partial charge in [0.25, 0.3) is 0 Å².